The zero-order chi connectivity index (χ0) is 8.81. The maximum absolute atomic E-state index is 9.83. The molecular weight excluding hydrogens is 218 g/mol. The number of alkyl halides is 1. The molecule has 0 spiro atoms. The summed E-state index contributed by atoms with van der Waals surface area (Å²) in [6.45, 7) is 0.438. The summed E-state index contributed by atoms with van der Waals surface area (Å²) < 4.78 is 0. The lowest BCUT2D eigenvalue weighted by Gasteiger charge is -2.04. The normalized spacial score (nSPS) is 11.8. The fraction of sp³-hybridized carbons (Fsp3) is 0.222. The fourth-order valence-electron chi connectivity index (χ4n) is 0.885. The van der Waals surface area contributed by atoms with Crippen molar-refractivity contribution in [2.24, 2.45) is 4.99 Å². The van der Waals surface area contributed by atoms with E-state index in [0.717, 1.165) is 5.56 Å². The van der Waals surface area contributed by atoms with Crippen LogP contribution in [0, 0.1) is 0 Å². The highest BCUT2D eigenvalue weighted by Gasteiger charge is 2.04. The van der Waals surface area contributed by atoms with Crippen LogP contribution in [0.5, 0.6) is 0 Å². The first-order chi connectivity index (χ1) is 5.84. The molecule has 12 heavy (non-hydrogen) atoms. The van der Waals surface area contributed by atoms with Crippen LogP contribution in [0.4, 0.5) is 0 Å². The molecule has 0 N–H and O–H groups in total. The second kappa shape index (κ2) is 4.86. The predicted octanol–water partition coefficient (Wildman–Crippen LogP) is 2.46. The maximum Gasteiger partial charge on any atom is 0.234 e. The third kappa shape index (κ3) is 2.61. The minimum atomic E-state index is 0.111. The van der Waals surface area contributed by atoms with E-state index < -0.39 is 0 Å². The minimum Gasteiger partial charge on any atom is -0.211 e. The summed E-state index contributed by atoms with van der Waals surface area (Å²) in [6, 6.07) is 9.83. The SMILES string of the molecule is O=C=NCC(Br)c1ccccc1. The van der Waals surface area contributed by atoms with Gasteiger partial charge in [-0.2, -0.15) is 0 Å². The zero-order valence-corrected chi connectivity index (χ0v) is 7.99. The van der Waals surface area contributed by atoms with Gasteiger partial charge in [0, 0.05) is 0 Å². The Kier molecular flexibility index (Phi) is 3.71. The van der Waals surface area contributed by atoms with E-state index in [1.807, 2.05) is 30.3 Å². The highest BCUT2D eigenvalue weighted by molar-refractivity contribution is 9.09. The van der Waals surface area contributed by atoms with Crippen LogP contribution < -0.4 is 0 Å². The first kappa shape index (κ1) is 9.17. The average Bonchev–Trinajstić information content (AvgIpc) is 2.15. The summed E-state index contributed by atoms with van der Waals surface area (Å²) in [5.41, 5.74) is 1.12. The molecule has 1 atom stereocenters. The highest BCUT2D eigenvalue weighted by atomic mass is 79.9. The van der Waals surface area contributed by atoms with Crippen molar-refractivity contribution in [3.05, 3.63) is 35.9 Å². The second-order valence-corrected chi connectivity index (χ2v) is 3.42. The lowest BCUT2D eigenvalue weighted by atomic mass is 10.1. The summed E-state index contributed by atoms with van der Waals surface area (Å²) in [7, 11) is 0. The Labute approximate surface area is 79.5 Å². The van der Waals surface area contributed by atoms with Gasteiger partial charge in [-0.05, 0) is 5.56 Å². The molecule has 0 radical (unpaired) electrons. The predicted molar refractivity (Wildman–Crippen MR) is 51.1 cm³/mol. The number of carbonyl (C=O) groups excluding carboxylic acids is 1. The molecule has 3 heteroatoms. The largest absolute Gasteiger partial charge is 0.234 e. The van der Waals surface area contributed by atoms with E-state index in [1.54, 1.807) is 0 Å². The van der Waals surface area contributed by atoms with Crippen LogP contribution >= 0.6 is 15.9 Å². The Morgan fingerprint density at radius 2 is 2.08 bits per heavy atom. The standard InChI is InChI=1S/C9H8BrNO/c10-9(6-11-7-12)8-4-2-1-3-5-8/h1-5,9H,6H2. The average molecular weight is 226 g/mol. The molecule has 0 saturated carbocycles. The minimum absolute atomic E-state index is 0.111. The number of nitrogens with zero attached hydrogens (tertiary/aromatic N) is 1. The van der Waals surface area contributed by atoms with Crippen molar-refractivity contribution < 1.29 is 4.79 Å². The molecule has 0 bridgehead atoms. The van der Waals surface area contributed by atoms with Crippen LogP contribution in [0.1, 0.15) is 10.4 Å². The monoisotopic (exact) mass is 225 g/mol. The number of hydrogen-bond donors (Lipinski definition) is 0. The number of rotatable bonds is 3. The third-order valence-electron chi connectivity index (χ3n) is 1.48. The Morgan fingerprint density at radius 3 is 2.67 bits per heavy atom. The van der Waals surface area contributed by atoms with Gasteiger partial charge in [0.25, 0.3) is 0 Å². The van der Waals surface area contributed by atoms with Crippen LogP contribution in [0.3, 0.4) is 0 Å². The summed E-state index contributed by atoms with van der Waals surface area (Å²) in [5, 5.41) is 0. The van der Waals surface area contributed by atoms with Crippen LogP contribution in [-0.4, -0.2) is 12.6 Å². The van der Waals surface area contributed by atoms with Gasteiger partial charge in [-0.3, -0.25) is 0 Å². The molecule has 0 aliphatic heterocycles. The van der Waals surface area contributed by atoms with Crippen molar-refractivity contribution in [1.29, 1.82) is 0 Å². The van der Waals surface area contributed by atoms with Crippen LogP contribution in [0.15, 0.2) is 35.3 Å². The van der Waals surface area contributed by atoms with Crippen molar-refractivity contribution in [1.82, 2.24) is 0 Å². The molecule has 0 aliphatic rings. The van der Waals surface area contributed by atoms with E-state index >= 15 is 0 Å². The van der Waals surface area contributed by atoms with Gasteiger partial charge in [-0.25, -0.2) is 9.79 Å². The van der Waals surface area contributed by atoms with Crippen LogP contribution in [0.25, 0.3) is 0 Å². The molecule has 0 aliphatic carbocycles. The first-order valence-electron chi connectivity index (χ1n) is 3.57. The second-order valence-electron chi connectivity index (χ2n) is 2.31. The molecular formula is C9H8BrNO. The zero-order valence-electron chi connectivity index (χ0n) is 6.40. The number of benzene rings is 1. The van der Waals surface area contributed by atoms with Crippen LogP contribution in [0.2, 0.25) is 0 Å². The Balaban J connectivity index is 2.65. The topological polar surface area (TPSA) is 29.4 Å². The van der Waals surface area contributed by atoms with Crippen molar-refractivity contribution in [2.45, 2.75) is 4.83 Å². The lowest BCUT2D eigenvalue weighted by molar-refractivity contribution is 0.563. The van der Waals surface area contributed by atoms with Gasteiger partial charge < -0.3 is 0 Å². The number of isocyanates is 1. The molecule has 0 aromatic heterocycles. The molecule has 2 nitrogen and oxygen atoms in total. The van der Waals surface area contributed by atoms with Crippen molar-refractivity contribution in [3.8, 4) is 0 Å². The molecule has 1 aromatic carbocycles. The van der Waals surface area contributed by atoms with Gasteiger partial charge in [0.1, 0.15) is 0 Å². The Hall–Kier alpha value is -0.920. The molecule has 0 saturated heterocycles. The number of hydrogen-bond acceptors (Lipinski definition) is 2. The van der Waals surface area contributed by atoms with E-state index in [4.69, 9.17) is 0 Å². The fourth-order valence-corrected chi connectivity index (χ4v) is 1.33. The quantitative estimate of drug-likeness (QED) is 0.442. The molecule has 0 amide bonds. The Morgan fingerprint density at radius 1 is 1.42 bits per heavy atom. The summed E-state index contributed by atoms with van der Waals surface area (Å²) in [5.74, 6) is 0. The molecule has 62 valence electrons. The smallest absolute Gasteiger partial charge is 0.211 e. The van der Waals surface area contributed by atoms with E-state index in [9.17, 15) is 4.79 Å². The van der Waals surface area contributed by atoms with E-state index in [0.29, 0.717) is 6.54 Å². The molecule has 1 unspecified atom stereocenters. The lowest BCUT2D eigenvalue weighted by Crippen LogP contribution is -1.92. The van der Waals surface area contributed by atoms with Crippen molar-refractivity contribution in [3.63, 3.8) is 0 Å². The summed E-state index contributed by atoms with van der Waals surface area (Å²) in [4.78, 5) is 13.4. The summed E-state index contributed by atoms with van der Waals surface area (Å²) >= 11 is 3.41. The van der Waals surface area contributed by atoms with Gasteiger partial charge in [-0.15, -0.1) is 0 Å². The molecule has 0 heterocycles. The number of aliphatic imine (C=N–C) groups is 1. The van der Waals surface area contributed by atoms with Gasteiger partial charge in [-0.1, -0.05) is 46.3 Å². The molecule has 0 fully saturated rings. The molecule has 1 aromatic rings. The van der Waals surface area contributed by atoms with Crippen LogP contribution in [-0.2, 0) is 4.79 Å². The third-order valence-corrected chi connectivity index (χ3v) is 2.30. The van der Waals surface area contributed by atoms with Gasteiger partial charge >= 0.3 is 0 Å². The van der Waals surface area contributed by atoms with Gasteiger partial charge in [0.05, 0.1) is 11.4 Å². The van der Waals surface area contributed by atoms with Gasteiger partial charge in [0.2, 0.25) is 6.08 Å². The number of halogens is 1. The highest BCUT2D eigenvalue weighted by Crippen LogP contribution is 2.21. The molecule has 1 rings (SSSR count). The maximum atomic E-state index is 9.83. The van der Waals surface area contributed by atoms with E-state index in [1.165, 1.54) is 6.08 Å². The van der Waals surface area contributed by atoms with Gasteiger partial charge in [0.15, 0.2) is 0 Å². The van der Waals surface area contributed by atoms with E-state index in [-0.39, 0.29) is 4.83 Å². The Bertz CT molecular complexity index is 280. The van der Waals surface area contributed by atoms with Crippen molar-refractivity contribution in [2.75, 3.05) is 6.54 Å². The van der Waals surface area contributed by atoms with Crippen molar-refractivity contribution >= 4 is 22.0 Å². The van der Waals surface area contributed by atoms with E-state index in [2.05, 4.69) is 20.9 Å². The summed E-state index contributed by atoms with van der Waals surface area (Å²) in [6.07, 6.45) is 1.51. The first-order valence-corrected chi connectivity index (χ1v) is 4.49.